The van der Waals surface area contributed by atoms with Crippen LogP contribution in [0.3, 0.4) is 0 Å². The minimum Gasteiger partial charge on any atom is -0.493 e. The summed E-state index contributed by atoms with van der Waals surface area (Å²) >= 11 is 0. The topological polar surface area (TPSA) is 51.0 Å². The standard InChI is InChI=1S/C12H15NO3/c1-15-11-6-8-4-3-5-10(13-14)9(8)7-12(11)16-2/h6-7,14H,3-5H2,1-2H3/b13-10-. The van der Waals surface area contributed by atoms with Crippen LogP contribution in [0.2, 0.25) is 0 Å². The summed E-state index contributed by atoms with van der Waals surface area (Å²) in [6.45, 7) is 0. The van der Waals surface area contributed by atoms with E-state index in [1.54, 1.807) is 14.2 Å². The molecule has 2 rings (SSSR count). The fourth-order valence-electron chi connectivity index (χ4n) is 2.08. The van der Waals surface area contributed by atoms with Crippen molar-refractivity contribution in [2.75, 3.05) is 14.2 Å². The fraction of sp³-hybridized carbons (Fsp3) is 0.417. The highest BCUT2D eigenvalue weighted by molar-refractivity contribution is 6.02. The van der Waals surface area contributed by atoms with Gasteiger partial charge in [0.2, 0.25) is 0 Å². The fourth-order valence-corrected chi connectivity index (χ4v) is 2.08. The van der Waals surface area contributed by atoms with Crippen LogP contribution in [-0.4, -0.2) is 25.1 Å². The molecule has 16 heavy (non-hydrogen) atoms. The maximum atomic E-state index is 8.94. The Morgan fingerprint density at radius 3 is 2.44 bits per heavy atom. The zero-order valence-electron chi connectivity index (χ0n) is 9.49. The molecule has 0 radical (unpaired) electrons. The first-order valence-corrected chi connectivity index (χ1v) is 5.26. The summed E-state index contributed by atoms with van der Waals surface area (Å²) in [7, 11) is 3.22. The van der Waals surface area contributed by atoms with Gasteiger partial charge in [-0.2, -0.15) is 0 Å². The lowest BCUT2D eigenvalue weighted by atomic mass is 9.89. The SMILES string of the molecule is COc1cc2c(cc1OC)/C(=N\O)CCC2. The van der Waals surface area contributed by atoms with E-state index >= 15 is 0 Å². The Kier molecular flexibility index (Phi) is 2.99. The van der Waals surface area contributed by atoms with Crippen molar-refractivity contribution in [3.63, 3.8) is 0 Å². The van der Waals surface area contributed by atoms with Gasteiger partial charge in [-0.3, -0.25) is 0 Å². The third kappa shape index (κ3) is 1.71. The molecule has 1 aromatic carbocycles. The molecular weight excluding hydrogens is 206 g/mol. The highest BCUT2D eigenvalue weighted by Crippen LogP contribution is 2.34. The molecule has 0 fully saturated rings. The average Bonchev–Trinajstić information content (AvgIpc) is 2.36. The summed E-state index contributed by atoms with van der Waals surface area (Å²) in [4.78, 5) is 0. The predicted molar refractivity (Wildman–Crippen MR) is 60.8 cm³/mol. The Labute approximate surface area is 94.5 Å². The van der Waals surface area contributed by atoms with Gasteiger partial charge in [0.1, 0.15) is 0 Å². The normalized spacial score (nSPS) is 17.0. The van der Waals surface area contributed by atoms with Crippen molar-refractivity contribution >= 4 is 5.71 Å². The number of oxime groups is 1. The molecule has 1 aliphatic rings. The lowest BCUT2D eigenvalue weighted by Gasteiger charge is -2.19. The van der Waals surface area contributed by atoms with Gasteiger partial charge in [-0.05, 0) is 37.0 Å². The second kappa shape index (κ2) is 4.43. The van der Waals surface area contributed by atoms with Crippen LogP contribution in [0.1, 0.15) is 24.0 Å². The van der Waals surface area contributed by atoms with Crippen molar-refractivity contribution in [3.8, 4) is 11.5 Å². The lowest BCUT2D eigenvalue weighted by molar-refractivity contribution is 0.317. The van der Waals surface area contributed by atoms with Gasteiger partial charge in [-0.1, -0.05) is 5.16 Å². The quantitative estimate of drug-likeness (QED) is 0.615. The summed E-state index contributed by atoms with van der Waals surface area (Å²) < 4.78 is 10.5. The van der Waals surface area contributed by atoms with E-state index in [0.29, 0.717) is 5.75 Å². The number of benzene rings is 1. The minimum absolute atomic E-state index is 0.671. The van der Waals surface area contributed by atoms with E-state index in [9.17, 15) is 0 Å². The minimum atomic E-state index is 0.671. The van der Waals surface area contributed by atoms with Crippen molar-refractivity contribution in [3.05, 3.63) is 23.3 Å². The molecule has 0 spiro atoms. The van der Waals surface area contributed by atoms with E-state index in [0.717, 1.165) is 41.9 Å². The van der Waals surface area contributed by atoms with Crippen LogP contribution in [0.25, 0.3) is 0 Å². The van der Waals surface area contributed by atoms with E-state index < -0.39 is 0 Å². The van der Waals surface area contributed by atoms with Gasteiger partial charge in [-0.25, -0.2) is 0 Å². The number of methoxy groups -OCH3 is 2. The number of nitrogens with zero attached hydrogens (tertiary/aromatic N) is 1. The lowest BCUT2D eigenvalue weighted by Crippen LogP contribution is -2.12. The summed E-state index contributed by atoms with van der Waals surface area (Å²) in [6.07, 6.45) is 2.79. The van der Waals surface area contributed by atoms with Crippen LogP contribution in [0.15, 0.2) is 17.3 Å². The Balaban J connectivity index is 2.55. The van der Waals surface area contributed by atoms with E-state index in [2.05, 4.69) is 5.16 Å². The molecule has 0 unspecified atom stereocenters. The highest BCUT2D eigenvalue weighted by atomic mass is 16.5. The summed E-state index contributed by atoms with van der Waals surface area (Å²) in [5.74, 6) is 1.39. The van der Waals surface area contributed by atoms with E-state index in [1.165, 1.54) is 0 Å². The van der Waals surface area contributed by atoms with Crippen molar-refractivity contribution in [1.82, 2.24) is 0 Å². The molecular formula is C12H15NO3. The van der Waals surface area contributed by atoms with Gasteiger partial charge in [0.15, 0.2) is 11.5 Å². The van der Waals surface area contributed by atoms with E-state index in [1.807, 2.05) is 12.1 Å². The number of fused-ring (bicyclic) bond motifs is 1. The molecule has 0 aromatic heterocycles. The zero-order valence-corrected chi connectivity index (χ0v) is 9.49. The van der Waals surface area contributed by atoms with Crippen molar-refractivity contribution in [1.29, 1.82) is 0 Å². The summed E-state index contributed by atoms with van der Waals surface area (Å²) in [5, 5.41) is 12.3. The van der Waals surface area contributed by atoms with Gasteiger partial charge in [0.25, 0.3) is 0 Å². The molecule has 1 N–H and O–H groups in total. The molecule has 1 aromatic rings. The van der Waals surface area contributed by atoms with E-state index in [4.69, 9.17) is 14.7 Å². The van der Waals surface area contributed by atoms with Crippen LogP contribution in [0.5, 0.6) is 11.5 Å². The van der Waals surface area contributed by atoms with Crippen LogP contribution < -0.4 is 9.47 Å². The number of hydrogen-bond donors (Lipinski definition) is 1. The molecule has 0 bridgehead atoms. The second-order valence-electron chi connectivity index (χ2n) is 3.76. The third-order valence-electron chi connectivity index (χ3n) is 2.90. The van der Waals surface area contributed by atoms with Crippen molar-refractivity contribution in [2.45, 2.75) is 19.3 Å². The van der Waals surface area contributed by atoms with Crippen molar-refractivity contribution in [2.24, 2.45) is 5.16 Å². The molecule has 0 atom stereocenters. The summed E-state index contributed by atoms with van der Waals surface area (Å²) in [5.41, 5.74) is 2.84. The number of aryl methyl sites for hydroxylation is 1. The maximum Gasteiger partial charge on any atom is 0.161 e. The van der Waals surface area contributed by atoms with Crippen molar-refractivity contribution < 1.29 is 14.7 Å². The van der Waals surface area contributed by atoms with Gasteiger partial charge in [0, 0.05) is 5.56 Å². The van der Waals surface area contributed by atoms with Crippen LogP contribution in [-0.2, 0) is 6.42 Å². The molecule has 0 saturated carbocycles. The first-order valence-electron chi connectivity index (χ1n) is 5.26. The molecule has 86 valence electrons. The number of hydrogen-bond acceptors (Lipinski definition) is 4. The Bertz CT molecular complexity index is 427. The number of ether oxygens (including phenoxy) is 2. The Morgan fingerprint density at radius 1 is 1.12 bits per heavy atom. The van der Waals surface area contributed by atoms with Gasteiger partial charge < -0.3 is 14.7 Å². The van der Waals surface area contributed by atoms with E-state index in [-0.39, 0.29) is 0 Å². The smallest absolute Gasteiger partial charge is 0.161 e. The predicted octanol–water partition coefficient (Wildman–Crippen LogP) is 2.22. The summed E-state index contributed by atoms with van der Waals surface area (Å²) in [6, 6.07) is 3.83. The van der Waals surface area contributed by atoms with Gasteiger partial charge in [-0.15, -0.1) is 0 Å². The van der Waals surface area contributed by atoms with Crippen LogP contribution in [0.4, 0.5) is 0 Å². The molecule has 0 saturated heterocycles. The largest absolute Gasteiger partial charge is 0.493 e. The first kappa shape index (κ1) is 10.8. The molecule has 1 aliphatic carbocycles. The molecule has 4 nitrogen and oxygen atoms in total. The maximum absolute atomic E-state index is 8.94. The van der Waals surface area contributed by atoms with Gasteiger partial charge in [0.05, 0.1) is 19.9 Å². The molecule has 4 heteroatoms. The molecule has 0 heterocycles. The Hall–Kier alpha value is -1.71. The molecule has 0 amide bonds. The monoisotopic (exact) mass is 221 g/mol. The Morgan fingerprint density at radius 2 is 1.81 bits per heavy atom. The third-order valence-corrected chi connectivity index (χ3v) is 2.90. The average molecular weight is 221 g/mol. The van der Waals surface area contributed by atoms with Crippen LogP contribution >= 0.6 is 0 Å². The molecule has 0 aliphatic heterocycles. The second-order valence-corrected chi connectivity index (χ2v) is 3.76. The highest BCUT2D eigenvalue weighted by Gasteiger charge is 2.19. The van der Waals surface area contributed by atoms with Crippen LogP contribution in [0, 0.1) is 0 Å². The van der Waals surface area contributed by atoms with Gasteiger partial charge >= 0.3 is 0 Å². The zero-order chi connectivity index (χ0) is 11.5. The first-order chi connectivity index (χ1) is 7.80. The number of rotatable bonds is 2.